The molecule has 1 aromatic heterocycles. The molecule has 0 atom stereocenters. The fourth-order valence-corrected chi connectivity index (χ4v) is 1.78. The molecule has 2 aromatic rings. The third kappa shape index (κ3) is 2.46. The van der Waals surface area contributed by atoms with Crippen molar-refractivity contribution in [1.29, 1.82) is 0 Å². The summed E-state index contributed by atoms with van der Waals surface area (Å²) in [4.78, 5) is 15.7. The van der Waals surface area contributed by atoms with Crippen LogP contribution < -0.4 is 14.2 Å². The van der Waals surface area contributed by atoms with Crippen LogP contribution >= 0.6 is 11.6 Å². The SMILES string of the molecule is O=C(Oc1ccc2c(c1)OCO2)c1cc(Cl)ccn1. The van der Waals surface area contributed by atoms with Gasteiger partial charge < -0.3 is 14.2 Å². The quantitative estimate of drug-likeness (QED) is 0.624. The van der Waals surface area contributed by atoms with Crippen molar-refractivity contribution >= 4 is 17.6 Å². The summed E-state index contributed by atoms with van der Waals surface area (Å²) < 4.78 is 15.5. The van der Waals surface area contributed by atoms with Crippen LogP contribution in [-0.2, 0) is 0 Å². The minimum Gasteiger partial charge on any atom is -0.454 e. The van der Waals surface area contributed by atoms with Gasteiger partial charge in [-0.15, -0.1) is 0 Å². The highest BCUT2D eigenvalue weighted by Gasteiger charge is 2.16. The van der Waals surface area contributed by atoms with Crippen LogP contribution in [-0.4, -0.2) is 17.7 Å². The first-order valence-electron chi connectivity index (χ1n) is 5.46. The predicted molar refractivity (Wildman–Crippen MR) is 66.8 cm³/mol. The van der Waals surface area contributed by atoms with E-state index in [9.17, 15) is 4.79 Å². The lowest BCUT2D eigenvalue weighted by Crippen LogP contribution is -2.10. The van der Waals surface area contributed by atoms with E-state index in [0.717, 1.165) is 0 Å². The first-order valence-corrected chi connectivity index (χ1v) is 5.83. The number of ether oxygens (including phenoxy) is 3. The second kappa shape index (κ2) is 4.78. The lowest BCUT2D eigenvalue weighted by molar-refractivity contribution is 0.0728. The number of carbonyl (C=O) groups excluding carboxylic acids is 1. The van der Waals surface area contributed by atoms with E-state index < -0.39 is 5.97 Å². The van der Waals surface area contributed by atoms with Crippen LogP contribution in [0.25, 0.3) is 0 Å². The number of aromatic nitrogens is 1. The van der Waals surface area contributed by atoms with E-state index in [1.54, 1.807) is 24.3 Å². The molecule has 2 heterocycles. The highest BCUT2D eigenvalue weighted by Crippen LogP contribution is 2.35. The molecule has 1 aliphatic rings. The van der Waals surface area contributed by atoms with Crippen molar-refractivity contribution in [2.75, 3.05) is 6.79 Å². The molecule has 0 aliphatic carbocycles. The van der Waals surface area contributed by atoms with Crippen molar-refractivity contribution in [3.63, 3.8) is 0 Å². The largest absolute Gasteiger partial charge is 0.454 e. The molecule has 0 radical (unpaired) electrons. The molecule has 1 aliphatic heterocycles. The van der Waals surface area contributed by atoms with Crippen LogP contribution in [0.5, 0.6) is 17.2 Å². The number of carbonyl (C=O) groups is 1. The van der Waals surface area contributed by atoms with Crippen LogP contribution in [0.4, 0.5) is 0 Å². The summed E-state index contributed by atoms with van der Waals surface area (Å²) in [6.45, 7) is 0.169. The molecule has 0 amide bonds. The summed E-state index contributed by atoms with van der Waals surface area (Å²) in [5.74, 6) is 0.947. The van der Waals surface area contributed by atoms with Gasteiger partial charge in [-0.25, -0.2) is 9.78 Å². The summed E-state index contributed by atoms with van der Waals surface area (Å²) in [6, 6.07) is 7.91. The van der Waals surface area contributed by atoms with Gasteiger partial charge >= 0.3 is 5.97 Å². The molecule has 0 fully saturated rings. The van der Waals surface area contributed by atoms with Gasteiger partial charge in [0, 0.05) is 17.3 Å². The Morgan fingerprint density at radius 2 is 2.05 bits per heavy atom. The molecule has 0 spiro atoms. The number of nitrogens with zero attached hydrogens (tertiary/aromatic N) is 1. The molecular weight excluding hydrogens is 270 g/mol. The maximum atomic E-state index is 11.9. The fourth-order valence-electron chi connectivity index (χ4n) is 1.62. The van der Waals surface area contributed by atoms with Gasteiger partial charge in [0.25, 0.3) is 0 Å². The summed E-state index contributed by atoms with van der Waals surface area (Å²) in [5.41, 5.74) is 0.144. The Labute approximate surface area is 113 Å². The fraction of sp³-hybridized carbons (Fsp3) is 0.0769. The van der Waals surface area contributed by atoms with Gasteiger partial charge in [-0.2, -0.15) is 0 Å². The number of pyridine rings is 1. The van der Waals surface area contributed by atoms with Crippen molar-refractivity contribution in [2.45, 2.75) is 0 Å². The molecule has 0 N–H and O–H groups in total. The molecule has 6 heteroatoms. The number of benzene rings is 1. The minimum atomic E-state index is -0.582. The van der Waals surface area contributed by atoms with Crippen molar-refractivity contribution in [1.82, 2.24) is 4.98 Å². The Balaban J connectivity index is 1.80. The van der Waals surface area contributed by atoms with Crippen molar-refractivity contribution in [2.24, 2.45) is 0 Å². The Bertz CT molecular complexity index is 644. The monoisotopic (exact) mass is 277 g/mol. The number of esters is 1. The van der Waals surface area contributed by atoms with E-state index in [2.05, 4.69) is 4.98 Å². The molecule has 0 saturated heterocycles. The van der Waals surface area contributed by atoms with E-state index >= 15 is 0 Å². The second-order valence-corrected chi connectivity index (χ2v) is 4.20. The number of rotatable bonds is 2. The van der Waals surface area contributed by atoms with E-state index in [1.807, 2.05) is 0 Å². The van der Waals surface area contributed by atoms with Gasteiger partial charge in [-0.05, 0) is 24.3 Å². The third-order valence-corrected chi connectivity index (χ3v) is 2.72. The second-order valence-electron chi connectivity index (χ2n) is 3.76. The van der Waals surface area contributed by atoms with Crippen molar-refractivity contribution in [3.8, 4) is 17.2 Å². The highest BCUT2D eigenvalue weighted by atomic mass is 35.5. The molecule has 0 unspecified atom stereocenters. The first-order chi connectivity index (χ1) is 9.22. The molecule has 0 bridgehead atoms. The summed E-state index contributed by atoms with van der Waals surface area (Å²) in [6.07, 6.45) is 1.44. The molecule has 3 rings (SSSR count). The Morgan fingerprint density at radius 1 is 1.21 bits per heavy atom. The van der Waals surface area contributed by atoms with Crippen molar-refractivity contribution < 1.29 is 19.0 Å². The van der Waals surface area contributed by atoms with Crippen LogP contribution in [0.15, 0.2) is 36.5 Å². The maximum absolute atomic E-state index is 11.9. The highest BCUT2D eigenvalue weighted by molar-refractivity contribution is 6.30. The minimum absolute atomic E-state index is 0.144. The lowest BCUT2D eigenvalue weighted by atomic mass is 10.3. The maximum Gasteiger partial charge on any atom is 0.362 e. The molecule has 1 aromatic carbocycles. The van der Waals surface area contributed by atoms with Crippen LogP contribution in [0, 0.1) is 0 Å². The average Bonchev–Trinajstić information content (AvgIpc) is 2.86. The van der Waals surface area contributed by atoms with Gasteiger partial charge in [0.05, 0.1) is 0 Å². The number of hydrogen-bond acceptors (Lipinski definition) is 5. The normalized spacial score (nSPS) is 12.3. The third-order valence-electron chi connectivity index (χ3n) is 2.49. The van der Waals surface area contributed by atoms with Crippen LogP contribution in [0.2, 0.25) is 5.02 Å². The van der Waals surface area contributed by atoms with E-state index in [-0.39, 0.29) is 12.5 Å². The standard InChI is InChI=1S/C13H8ClNO4/c14-8-3-4-15-10(5-8)13(16)19-9-1-2-11-12(6-9)18-7-17-11/h1-6H,7H2. The zero-order chi connectivity index (χ0) is 13.2. The molecular formula is C13H8ClNO4. The number of hydrogen-bond donors (Lipinski definition) is 0. The van der Waals surface area contributed by atoms with Crippen LogP contribution in [0.3, 0.4) is 0 Å². The summed E-state index contributed by atoms with van der Waals surface area (Å²) in [7, 11) is 0. The van der Waals surface area contributed by atoms with E-state index in [1.165, 1.54) is 12.3 Å². The number of fused-ring (bicyclic) bond motifs is 1. The van der Waals surface area contributed by atoms with Gasteiger partial charge in [0.2, 0.25) is 6.79 Å². The first kappa shape index (κ1) is 11.8. The molecule has 0 saturated carbocycles. The topological polar surface area (TPSA) is 57.7 Å². The summed E-state index contributed by atoms with van der Waals surface area (Å²) >= 11 is 5.78. The summed E-state index contributed by atoms with van der Waals surface area (Å²) in [5, 5.41) is 0.424. The Morgan fingerprint density at radius 3 is 2.89 bits per heavy atom. The lowest BCUT2D eigenvalue weighted by Gasteiger charge is -2.04. The zero-order valence-electron chi connectivity index (χ0n) is 9.63. The smallest absolute Gasteiger partial charge is 0.362 e. The average molecular weight is 278 g/mol. The van der Waals surface area contributed by atoms with Gasteiger partial charge in [-0.3, -0.25) is 0 Å². The molecule has 96 valence electrons. The molecule has 5 nitrogen and oxygen atoms in total. The van der Waals surface area contributed by atoms with Gasteiger partial charge in [0.15, 0.2) is 11.5 Å². The number of halogens is 1. The Hall–Kier alpha value is -2.27. The zero-order valence-corrected chi connectivity index (χ0v) is 10.4. The van der Waals surface area contributed by atoms with Gasteiger partial charge in [-0.1, -0.05) is 11.6 Å². The Kier molecular flexibility index (Phi) is 2.97. The van der Waals surface area contributed by atoms with E-state index in [0.29, 0.717) is 22.3 Å². The van der Waals surface area contributed by atoms with Gasteiger partial charge in [0.1, 0.15) is 11.4 Å². The van der Waals surface area contributed by atoms with E-state index in [4.69, 9.17) is 25.8 Å². The van der Waals surface area contributed by atoms with Crippen molar-refractivity contribution in [3.05, 3.63) is 47.2 Å². The van der Waals surface area contributed by atoms with Crippen LogP contribution in [0.1, 0.15) is 10.5 Å². The predicted octanol–water partition coefficient (Wildman–Crippen LogP) is 2.68. The molecule has 19 heavy (non-hydrogen) atoms.